The number of thiophene rings is 1. The molecule has 0 spiro atoms. The molecule has 0 saturated carbocycles. The number of rotatable bonds is 9. The summed E-state index contributed by atoms with van der Waals surface area (Å²) in [6, 6.07) is 10.6. The molecule has 0 aliphatic rings. The van der Waals surface area contributed by atoms with Gasteiger partial charge in [-0.1, -0.05) is 49.9 Å². The molecule has 0 fully saturated rings. The van der Waals surface area contributed by atoms with Gasteiger partial charge >= 0.3 is 0 Å². The maximum absolute atomic E-state index is 13.9. The van der Waals surface area contributed by atoms with E-state index in [1.807, 2.05) is 28.1 Å². The molecule has 29 heavy (non-hydrogen) atoms. The van der Waals surface area contributed by atoms with Gasteiger partial charge in [-0.05, 0) is 35.1 Å². The van der Waals surface area contributed by atoms with Gasteiger partial charge in [-0.3, -0.25) is 4.79 Å². The summed E-state index contributed by atoms with van der Waals surface area (Å²) in [4.78, 5) is 13.1. The molecule has 8 heteroatoms. The van der Waals surface area contributed by atoms with Crippen molar-refractivity contribution < 1.29 is 9.18 Å². The van der Waals surface area contributed by atoms with E-state index in [2.05, 4.69) is 29.4 Å². The highest BCUT2D eigenvalue weighted by Gasteiger charge is 2.15. The number of benzene rings is 1. The highest BCUT2D eigenvalue weighted by Crippen LogP contribution is 2.24. The van der Waals surface area contributed by atoms with E-state index in [4.69, 9.17) is 0 Å². The predicted octanol–water partition coefficient (Wildman–Crippen LogP) is 4.76. The van der Waals surface area contributed by atoms with Crippen molar-refractivity contribution in [3.05, 3.63) is 69.9 Å². The van der Waals surface area contributed by atoms with Crippen molar-refractivity contribution in [2.45, 2.75) is 37.8 Å². The van der Waals surface area contributed by atoms with Crippen LogP contribution in [0.3, 0.4) is 0 Å². The van der Waals surface area contributed by atoms with Crippen LogP contribution in [0.15, 0.2) is 53.0 Å². The highest BCUT2D eigenvalue weighted by atomic mass is 32.2. The van der Waals surface area contributed by atoms with Crippen LogP contribution in [0.25, 0.3) is 6.08 Å². The molecule has 2 heterocycles. The summed E-state index contributed by atoms with van der Waals surface area (Å²) in [5.74, 6) is 1.14. The van der Waals surface area contributed by atoms with E-state index in [-0.39, 0.29) is 18.3 Å². The Labute approximate surface area is 178 Å². The van der Waals surface area contributed by atoms with Crippen LogP contribution >= 0.6 is 23.1 Å². The molecule has 2 aromatic heterocycles. The van der Waals surface area contributed by atoms with Crippen molar-refractivity contribution in [3.8, 4) is 0 Å². The minimum atomic E-state index is -0.222. The molecule has 1 N–H and O–H groups in total. The van der Waals surface area contributed by atoms with Crippen LogP contribution in [-0.4, -0.2) is 20.7 Å². The van der Waals surface area contributed by atoms with Crippen molar-refractivity contribution in [2.24, 2.45) is 5.92 Å². The van der Waals surface area contributed by atoms with Gasteiger partial charge in [-0.25, -0.2) is 4.39 Å². The molecule has 0 bridgehead atoms. The SMILES string of the molecule is CC(C)Cn1c(CNC(=O)C=Cc2cccs2)nnc1SCc1ccccc1F. The Morgan fingerprint density at radius 1 is 1.28 bits per heavy atom. The van der Waals surface area contributed by atoms with Crippen LogP contribution in [0, 0.1) is 11.7 Å². The molecule has 0 aliphatic heterocycles. The molecule has 3 rings (SSSR count). The molecule has 3 aromatic rings. The average Bonchev–Trinajstić information content (AvgIpc) is 3.34. The molecule has 0 atom stereocenters. The van der Waals surface area contributed by atoms with Crippen molar-refractivity contribution in [2.75, 3.05) is 0 Å². The Morgan fingerprint density at radius 3 is 2.83 bits per heavy atom. The number of nitrogens with zero attached hydrogens (tertiary/aromatic N) is 3. The summed E-state index contributed by atoms with van der Waals surface area (Å²) in [5, 5.41) is 14.1. The molecular weight excluding hydrogens is 407 g/mol. The van der Waals surface area contributed by atoms with Gasteiger partial charge in [0.15, 0.2) is 11.0 Å². The first kappa shape index (κ1) is 21.3. The smallest absolute Gasteiger partial charge is 0.244 e. The zero-order valence-electron chi connectivity index (χ0n) is 16.3. The molecule has 0 unspecified atom stereocenters. The van der Waals surface area contributed by atoms with Gasteiger partial charge in [-0.15, -0.1) is 21.5 Å². The van der Waals surface area contributed by atoms with Gasteiger partial charge < -0.3 is 9.88 Å². The fourth-order valence-electron chi connectivity index (χ4n) is 2.63. The Kier molecular flexibility index (Phi) is 7.60. The fraction of sp³-hybridized carbons (Fsp3) is 0.286. The van der Waals surface area contributed by atoms with Crippen LogP contribution in [-0.2, 0) is 23.6 Å². The Bertz CT molecular complexity index is 967. The minimum Gasteiger partial charge on any atom is -0.345 e. The third kappa shape index (κ3) is 6.27. The van der Waals surface area contributed by atoms with Gasteiger partial charge in [0.2, 0.25) is 5.91 Å². The fourth-order valence-corrected chi connectivity index (χ4v) is 4.20. The first-order valence-corrected chi connectivity index (χ1v) is 11.2. The third-order valence-corrected chi connectivity index (χ3v) is 5.87. The number of carbonyl (C=O) groups excluding carboxylic acids is 1. The average molecular weight is 431 g/mol. The van der Waals surface area contributed by atoms with Gasteiger partial charge in [0.1, 0.15) is 5.82 Å². The topological polar surface area (TPSA) is 59.8 Å². The summed E-state index contributed by atoms with van der Waals surface area (Å²) in [7, 11) is 0. The highest BCUT2D eigenvalue weighted by molar-refractivity contribution is 7.98. The monoisotopic (exact) mass is 430 g/mol. The van der Waals surface area contributed by atoms with E-state index in [0.29, 0.717) is 23.1 Å². The molecule has 5 nitrogen and oxygen atoms in total. The Hall–Kier alpha value is -2.45. The number of nitrogens with one attached hydrogen (secondary N) is 1. The molecule has 0 radical (unpaired) electrons. The lowest BCUT2D eigenvalue weighted by Crippen LogP contribution is -2.23. The second-order valence-electron chi connectivity index (χ2n) is 6.85. The number of halogens is 1. The van der Waals surface area contributed by atoms with Crippen molar-refractivity contribution >= 4 is 35.1 Å². The Balaban J connectivity index is 1.65. The molecule has 1 amide bonds. The van der Waals surface area contributed by atoms with E-state index in [1.165, 1.54) is 23.9 Å². The second kappa shape index (κ2) is 10.4. The quantitative estimate of drug-likeness (QED) is 0.393. The number of thioether (sulfide) groups is 1. The lowest BCUT2D eigenvalue weighted by atomic mass is 10.2. The summed E-state index contributed by atoms with van der Waals surface area (Å²) in [6.45, 7) is 5.23. The number of aromatic nitrogens is 3. The van der Waals surface area contributed by atoms with Crippen LogP contribution in [0.1, 0.15) is 30.1 Å². The third-order valence-electron chi connectivity index (χ3n) is 4.02. The van der Waals surface area contributed by atoms with Crippen molar-refractivity contribution in [3.63, 3.8) is 0 Å². The minimum absolute atomic E-state index is 0.182. The van der Waals surface area contributed by atoms with Crippen molar-refractivity contribution in [1.82, 2.24) is 20.1 Å². The van der Waals surface area contributed by atoms with Gasteiger partial charge in [-0.2, -0.15) is 0 Å². The molecular formula is C21H23FN4OS2. The maximum atomic E-state index is 13.9. The number of carbonyl (C=O) groups is 1. The van der Waals surface area contributed by atoms with Crippen molar-refractivity contribution in [1.29, 1.82) is 0 Å². The van der Waals surface area contributed by atoms with E-state index < -0.39 is 0 Å². The first-order chi connectivity index (χ1) is 14.0. The summed E-state index contributed by atoms with van der Waals surface area (Å²) < 4.78 is 15.9. The zero-order chi connectivity index (χ0) is 20.6. The maximum Gasteiger partial charge on any atom is 0.244 e. The van der Waals surface area contributed by atoms with E-state index in [9.17, 15) is 9.18 Å². The van der Waals surface area contributed by atoms with E-state index in [1.54, 1.807) is 29.5 Å². The van der Waals surface area contributed by atoms with Gasteiger partial charge in [0.25, 0.3) is 0 Å². The van der Waals surface area contributed by atoms with Crippen LogP contribution in [0.4, 0.5) is 4.39 Å². The summed E-state index contributed by atoms with van der Waals surface area (Å²) in [6.07, 6.45) is 3.30. The van der Waals surface area contributed by atoms with E-state index in [0.717, 1.165) is 16.6 Å². The van der Waals surface area contributed by atoms with Crippen LogP contribution < -0.4 is 5.32 Å². The normalized spacial score (nSPS) is 11.4. The van der Waals surface area contributed by atoms with E-state index >= 15 is 0 Å². The number of hydrogen-bond acceptors (Lipinski definition) is 5. The molecule has 0 saturated heterocycles. The zero-order valence-corrected chi connectivity index (χ0v) is 18.0. The lowest BCUT2D eigenvalue weighted by Gasteiger charge is -2.12. The number of hydrogen-bond donors (Lipinski definition) is 1. The molecule has 0 aliphatic carbocycles. The molecule has 1 aromatic carbocycles. The molecule has 152 valence electrons. The lowest BCUT2D eigenvalue weighted by molar-refractivity contribution is -0.116. The van der Waals surface area contributed by atoms with Gasteiger partial charge in [0.05, 0.1) is 6.54 Å². The largest absolute Gasteiger partial charge is 0.345 e. The van der Waals surface area contributed by atoms with Gasteiger partial charge in [0, 0.05) is 23.3 Å². The Morgan fingerprint density at radius 2 is 2.10 bits per heavy atom. The summed E-state index contributed by atoms with van der Waals surface area (Å²) >= 11 is 3.02. The summed E-state index contributed by atoms with van der Waals surface area (Å²) in [5.41, 5.74) is 0.630. The van der Waals surface area contributed by atoms with Crippen LogP contribution in [0.2, 0.25) is 0 Å². The standard InChI is InChI=1S/C21H23FN4OS2/c1-15(2)13-26-19(12-23-20(27)10-9-17-7-5-11-28-17)24-25-21(26)29-14-16-6-3-4-8-18(16)22/h3-11,15H,12-14H2,1-2H3,(H,23,27). The number of amides is 1. The predicted molar refractivity (Wildman–Crippen MR) is 116 cm³/mol. The van der Waals surface area contributed by atoms with Crippen LogP contribution in [0.5, 0.6) is 0 Å². The first-order valence-electron chi connectivity index (χ1n) is 9.30. The second-order valence-corrected chi connectivity index (χ2v) is 8.77.